The molecule has 1 fully saturated rings. The van der Waals surface area contributed by atoms with Crippen molar-refractivity contribution >= 4 is 11.8 Å². The highest BCUT2D eigenvalue weighted by Crippen LogP contribution is 2.48. The molecule has 4 heteroatoms. The minimum absolute atomic E-state index is 0.0278. The molecule has 22 heavy (non-hydrogen) atoms. The Hall–Kier alpha value is -1.84. The summed E-state index contributed by atoms with van der Waals surface area (Å²) < 4.78 is 0. The van der Waals surface area contributed by atoms with Crippen LogP contribution in [0.4, 0.5) is 0 Å². The van der Waals surface area contributed by atoms with Gasteiger partial charge in [-0.1, -0.05) is 37.3 Å². The van der Waals surface area contributed by atoms with Crippen molar-refractivity contribution in [2.24, 2.45) is 5.41 Å². The van der Waals surface area contributed by atoms with Crippen LogP contribution in [0.3, 0.4) is 0 Å². The number of hydrogen-bond donors (Lipinski definition) is 1. The van der Waals surface area contributed by atoms with Crippen LogP contribution in [-0.2, 0) is 16.1 Å². The molecular formula is C18H26N2O2. The second-order valence-electron chi connectivity index (χ2n) is 6.35. The highest BCUT2D eigenvalue weighted by atomic mass is 16.2. The van der Waals surface area contributed by atoms with Crippen molar-refractivity contribution in [3.63, 3.8) is 0 Å². The standard InChI is InChI=1S/C18H26N2O2/c1-4-12-19-16(21)18(10-11-18)17(22)20(14(2)3)13-15-8-6-5-7-9-15/h5-9,14H,4,10-13H2,1-3H3,(H,19,21). The van der Waals surface area contributed by atoms with Gasteiger partial charge in [0.1, 0.15) is 5.41 Å². The van der Waals surface area contributed by atoms with E-state index in [1.807, 2.05) is 56.0 Å². The Balaban J connectivity index is 2.11. The topological polar surface area (TPSA) is 49.4 Å². The van der Waals surface area contributed by atoms with E-state index in [4.69, 9.17) is 0 Å². The molecule has 0 heterocycles. The summed E-state index contributed by atoms with van der Waals surface area (Å²) in [5.74, 6) is -0.127. The predicted octanol–water partition coefficient (Wildman–Crippen LogP) is 2.73. The number of carbonyl (C=O) groups excluding carboxylic acids is 2. The first-order chi connectivity index (χ1) is 10.5. The van der Waals surface area contributed by atoms with E-state index in [0.29, 0.717) is 25.9 Å². The van der Waals surface area contributed by atoms with Gasteiger partial charge in [0.05, 0.1) is 0 Å². The predicted molar refractivity (Wildman–Crippen MR) is 87.1 cm³/mol. The van der Waals surface area contributed by atoms with Crippen molar-refractivity contribution in [2.45, 2.75) is 52.6 Å². The number of carbonyl (C=O) groups is 2. The van der Waals surface area contributed by atoms with Gasteiger partial charge in [0.15, 0.2) is 0 Å². The Bertz CT molecular complexity index is 521. The molecular weight excluding hydrogens is 276 g/mol. The zero-order valence-corrected chi connectivity index (χ0v) is 13.8. The Kier molecular flexibility index (Phi) is 5.22. The number of benzene rings is 1. The molecule has 0 bridgehead atoms. The number of nitrogens with zero attached hydrogens (tertiary/aromatic N) is 1. The van der Waals surface area contributed by atoms with E-state index >= 15 is 0 Å². The smallest absolute Gasteiger partial charge is 0.238 e. The third kappa shape index (κ3) is 3.49. The van der Waals surface area contributed by atoms with Gasteiger partial charge in [-0.2, -0.15) is 0 Å². The first-order valence-corrected chi connectivity index (χ1v) is 8.14. The fourth-order valence-electron chi connectivity index (χ4n) is 2.61. The first kappa shape index (κ1) is 16.5. The first-order valence-electron chi connectivity index (χ1n) is 8.14. The van der Waals surface area contributed by atoms with Crippen LogP contribution in [0.25, 0.3) is 0 Å². The monoisotopic (exact) mass is 302 g/mol. The van der Waals surface area contributed by atoms with Gasteiger partial charge in [-0.3, -0.25) is 9.59 Å². The SMILES string of the molecule is CCCNC(=O)C1(C(=O)N(Cc2ccccc2)C(C)C)CC1. The lowest BCUT2D eigenvalue weighted by Gasteiger charge is -2.30. The van der Waals surface area contributed by atoms with E-state index in [-0.39, 0.29) is 17.9 Å². The van der Waals surface area contributed by atoms with E-state index in [0.717, 1.165) is 12.0 Å². The number of amides is 2. The average Bonchev–Trinajstić information content (AvgIpc) is 3.32. The van der Waals surface area contributed by atoms with Crippen LogP contribution < -0.4 is 5.32 Å². The third-order valence-electron chi connectivity index (χ3n) is 4.21. The van der Waals surface area contributed by atoms with Gasteiger partial charge in [-0.15, -0.1) is 0 Å². The summed E-state index contributed by atoms with van der Waals surface area (Å²) >= 11 is 0. The van der Waals surface area contributed by atoms with Crippen LogP contribution in [-0.4, -0.2) is 29.3 Å². The van der Waals surface area contributed by atoms with Gasteiger partial charge < -0.3 is 10.2 Å². The summed E-state index contributed by atoms with van der Waals surface area (Å²) in [6, 6.07) is 10.0. The van der Waals surface area contributed by atoms with E-state index in [2.05, 4.69) is 5.32 Å². The Morgan fingerprint density at radius 3 is 2.36 bits per heavy atom. The fraction of sp³-hybridized carbons (Fsp3) is 0.556. The second kappa shape index (κ2) is 6.95. The van der Waals surface area contributed by atoms with Crippen molar-refractivity contribution in [1.82, 2.24) is 10.2 Å². The summed E-state index contributed by atoms with van der Waals surface area (Å²) in [4.78, 5) is 27.1. The molecule has 4 nitrogen and oxygen atoms in total. The van der Waals surface area contributed by atoms with Gasteiger partial charge in [-0.25, -0.2) is 0 Å². The van der Waals surface area contributed by atoms with Crippen LogP contribution in [0, 0.1) is 5.41 Å². The van der Waals surface area contributed by atoms with Crippen molar-refractivity contribution in [3.8, 4) is 0 Å². The zero-order chi connectivity index (χ0) is 16.2. The van der Waals surface area contributed by atoms with Gasteiger partial charge in [-0.05, 0) is 38.7 Å². The molecule has 1 N–H and O–H groups in total. The summed E-state index contributed by atoms with van der Waals surface area (Å²) in [6.07, 6.45) is 2.21. The van der Waals surface area contributed by atoms with Crippen molar-refractivity contribution in [3.05, 3.63) is 35.9 Å². The molecule has 1 aromatic rings. The lowest BCUT2D eigenvalue weighted by molar-refractivity contribution is -0.146. The van der Waals surface area contributed by atoms with E-state index in [1.165, 1.54) is 0 Å². The quantitative estimate of drug-likeness (QED) is 0.787. The van der Waals surface area contributed by atoms with Crippen molar-refractivity contribution in [2.75, 3.05) is 6.54 Å². The number of nitrogens with one attached hydrogen (secondary N) is 1. The molecule has 0 unspecified atom stereocenters. The maximum absolute atomic E-state index is 12.9. The molecule has 0 aromatic heterocycles. The maximum Gasteiger partial charge on any atom is 0.238 e. The van der Waals surface area contributed by atoms with Crippen LogP contribution in [0.5, 0.6) is 0 Å². The zero-order valence-electron chi connectivity index (χ0n) is 13.8. The molecule has 1 aliphatic carbocycles. The molecule has 2 amide bonds. The molecule has 0 radical (unpaired) electrons. The molecule has 120 valence electrons. The van der Waals surface area contributed by atoms with Gasteiger partial charge in [0.25, 0.3) is 0 Å². The maximum atomic E-state index is 12.9. The van der Waals surface area contributed by atoms with Crippen LogP contribution in [0.15, 0.2) is 30.3 Å². The van der Waals surface area contributed by atoms with E-state index < -0.39 is 5.41 Å². The van der Waals surface area contributed by atoms with Gasteiger partial charge in [0.2, 0.25) is 11.8 Å². The number of hydrogen-bond acceptors (Lipinski definition) is 2. The largest absolute Gasteiger partial charge is 0.355 e. The summed E-state index contributed by atoms with van der Waals surface area (Å²) in [5.41, 5.74) is 0.281. The van der Waals surface area contributed by atoms with Crippen LogP contribution in [0.1, 0.15) is 45.6 Å². The highest BCUT2D eigenvalue weighted by Gasteiger charge is 2.58. The third-order valence-corrected chi connectivity index (χ3v) is 4.21. The lowest BCUT2D eigenvalue weighted by Crippen LogP contribution is -2.47. The fourth-order valence-corrected chi connectivity index (χ4v) is 2.61. The molecule has 1 saturated carbocycles. The normalized spacial score (nSPS) is 15.5. The van der Waals surface area contributed by atoms with Crippen molar-refractivity contribution < 1.29 is 9.59 Å². The minimum Gasteiger partial charge on any atom is -0.355 e. The lowest BCUT2D eigenvalue weighted by atomic mass is 10.0. The second-order valence-corrected chi connectivity index (χ2v) is 6.35. The summed E-state index contributed by atoms with van der Waals surface area (Å²) in [5, 5.41) is 2.89. The molecule has 1 aromatic carbocycles. The van der Waals surface area contributed by atoms with Gasteiger partial charge >= 0.3 is 0 Å². The van der Waals surface area contributed by atoms with Crippen molar-refractivity contribution in [1.29, 1.82) is 0 Å². The van der Waals surface area contributed by atoms with Crippen LogP contribution in [0.2, 0.25) is 0 Å². The molecule has 0 saturated heterocycles. The summed E-state index contributed by atoms with van der Waals surface area (Å²) in [7, 11) is 0. The molecule has 0 atom stereocenters. The Morgan fingerprint density at radius 2 is 1.86 bits per heavy atom. The minimum atomic E-state index is -0.811. The Labute approximate surface area is 132 Å². The molecule has 0 spiro atoms. The molecule has 0 aliphatic heterocycles. The average molecular weight is 302 g/mol. The van der Waals surface area contributed by atoms with Gasteiger partial charge in [0, 0.05) is 19.1 Å². The highest BCUT2D eigenvalue weighted by molar-refractivity contribution is 6.07. The number of rotatable bonds is 7. The van der Waals surface area contributed by atoms with E-state index in [9.17, 15) is 9.59 Å². The molecule has 2 rings (SSSR count). The summed E-state index contributed by atoms with van der Waals surface area (Å²) in [6.45, 7) is 7.20. The molecule has 1 aliphatic rings. The Morgan fingerprint density at radius 1 is 1.23 bits per heavy atom. The van der Waals surface area contributed by atoms with Crippen LogP contribution >= 0.6 is 0 Å². The van der Waals surface area contributed by atoms with E-state index in [1.54, 1.807) is 0 Å².